The van der Waals surface area contributed by atoms with Crippen LogP contribution in [0.1, 0.15) is 25.8 Å². The molecule has 0 heterocycles. The van der Waals surface area contributed by atoms with Gasteiger partial charge in [0.05, 0.1) is 14.2 Å². The molecule has 0 aliphatic carbocycles. The number of benzene rings is 1. The van der Waals surface area contributed by atoms with Crippen LogP contribution in [0, 0.1) is 0 Å². The van der Waals surface area contributed by atoms with Crippen molar-refractivity contribution in [2.75, 3.05) is 14.2 Å². The van der Waals surface area contributed by atoms with Crippen molar-refractivity contribution < 1.29 is 9.47 Å². The average Bonchev–Trinajstić information content (AvgIpc) is 2.28. The van der Waals surface area contributed by atoms with E-state index in [2.05, 4.69) is 22.9 Å². The summed E-state index contributed by atoms with van der Waals surface area (Å²) in [6.07, 6.45) is 0.835. The second kappa shape index (κ2) is 5.06. The summed E-state index contributed by atoms with van der Waals surface area (Å²) in [6.45, 7) is 4.04. The molecule has 1 unspecified atom stereocenters. The van der Waals surface area contributed by atoms with Crippen LogP contribution < -0.4 is 15.2 Å². The number of nitrogens with two attached hydrogens (primary N) is 1. The topological polar surface area (TPSA) is 44.5 Å². The van der Waals surface area contributed by atoms with E-state index in [1.807, 2.05) is 19.1 Å². The Kier molecular flexibility index (Phi) is 4.21. The number of rotatable bonds is 4. The highest BCUT2D eigenvalue weighted by Crippen LogP contribution is 2.41. The average molecular weight is 288 g/mol. The summed E-state index contributed by atoms with van der Waals surface area (Å²) in [5.41, 5.74) is 6.81. The van der Waals surface area contributed by atoms with Crippen molar-refractivity contribution in [1.82, 2.24) is 0 Å². The molecule has 0 aromatic heterocycles. The van der Waals surface area contributed by atoms with Crippen LogP contribution in [0.25, 0.3) is 0 Å². The molecule has 0 radical (unpaired) electrons. The molecular weight excluding hydrogens is 270 g/mol. The van der Waals surface area contributed by atoms with Crippen molar-refractivity contribution >= 4 is 15.9 Å². The minimum Gasteiger partial charge on any atom is -0.495 e. The third kappa shape index (κ3) is 2.33. The van der Waals surface area contributed by atoms with E-state index in [4.69, 9.17) is 15.2 Å². The van der Waals surface area contributed by atoms with E-state index in [0.29, 0.717) is 0 Å². The van der Waals surface area contributed by atoms with Gasteiger partial charge in [0.2, 0.25) is 0 Å². The summed E-state index contributed by atoms with van der Waals surface area (Å²) in [5.74, 6) is 1.48. The molecule has 3 nitrogen and oxygen atoms in total. The first-order chi connectivity index (χ1) is 7.47. The Morgan fingerprint density at radius 3 is 2.38 bits per heavy atom. The highest BCUT2D eigenvalue weighted by Gasteiger charge is 2.25. The van der Waals surface area contributed by atoms with Gasteiger partial charge in [0.1, 0.15) is 16.0 Å². The zero-order valence-corrected chi connectivity index (χ0v) is 11.7. The smallest absolute Gasteiger partial charge is 0.141 e. The molecule has 2 N–H and O–H groups in total. The summed E-state index contributed by atoms with van der Waals surface area (Å²) in [7, 11) is 3.26. The lowest BCUT2D eigenvalue weighted by Crippen LogP contribution is -2.32. The minimum absolute atomic E-state index is 0.403. The lowest BCUT2D eigenvalue weighted by Gasteiger charge is -2.26. The summed E-state index contributed by atoms with van der Waals surface area (Å²) >= 11 is 3.47. The molecule has 0 bridgehead atoms. The van der Waals surface area contributed by atoms with Crippen LogP contribution in [0.15, 0.2) is 16.6 Å². The van der Waals surface area contributed by atoms with Crippen molar-refractivity contribution in [1.29, 1.82) is 0 Å². The first-order valence-corrected chi connectivity index (χ1v) is 5.97. The number of hydrogen-bond acceptors (Lipinski definition) is 3. The highest BCUT2D eigenvalue weighted by molar-refractivity contribution is 9.10. The molecule has 4 heteroatoms. The molecule has 90 valence electrons. The highest BCUT2D eigenvalue weighted by atomic mass is 79.9. The summed E-state index contributed by atoms with van der Waals surface area (Å²) < 4.78 is 11.4. The predicted octanol–water partition coefficient (Wildman–Crippen LogP) is 3.05. The molecule has 0 fully saturated rings. The molecule has 1 rings (SSSR count). The van der Waals surface area contributed by atoms with Crippen molar-refractivity contribution in [3.05, 3.63) is 22.2 Å². The Morgan fingerprint density at radius 1 is 1.31 bits per heavy atom. The number of methoxy groups -OCH3 is 2. The SMILES string of the molecule is CCC(C)(N)c1ccc(OC)c(Br)c1OC. The van der Waals surface area contributed by atoms with Gasteiger partial charge in [0, 0.05) is 11.1 Å². The van der Waals surface area contributed by atoms with Crippen LogP contribution in [-0.4, -0.2) is 14.2 Å². The molecule has 16 heavy (non-hydrogen) atoms. The van der Waals surface area contributed by atoms with Gasteiger partial charge in [-0.15, -0.1) is 0 Å². The van der Waals surface area contributed by atoms with Gasteiger partial charge < -0.3 is 15.2 Å². The molecule has 0 amide bonds. The molecule has 0 saturated heterocycles. The van der Waals surface area contributed by atoms with Crippen molar-refractivity contribution in [2.45, 2.75) is 25.8 Å². The maximum atomic E-state index is 6.23. The Balaban J connectivity index is 3.37. The molecule has 0 spiro atoms. The molecule has 1 atom stereocenters. The van der Waals surface area contributed by atoms with E-state index in [-0.39, 0.29) is 0 Å². The number of halogens is 1. The third-order valence-electron chi connectivity index (χ3n) is 2.84. The Bertz CT molecular complexity index is 378. The fourth-order valence-electron chi connectivity index (χ4n) is 1.54. The minimum atomic E-state index is -0.403. The summed E-state index contributed by atoms with van der Waals surface area (Å²) in [5, 5.41) is 0. The molecule has 0 saturated carbocycles. The van der Waals surface area contributed by atoms with Gasteiger partial charge in [0.25, 0.3) is 0 Å². The first-order valence-electron chi connectivity index (χ1n) is 5.17. The maximum absolute atomic E-state index is 6.23. The van der Waals surface area contributed by atoms with Crippen molar-refractivity contribution in [3.8, 4) is 11.5 Å². The zero-order chi connectivity index (χ0) is 12.3. The van der Waals surface area contributed by atoms with E-state index in [1.54, 1.807) is 14.2 Å². The first kappa shape index (κ1) is 13.3. The van der Waals surface area contributed by atoms with Gasteiger partial charge in [-0.25, -0.2) is 0 Å². The van der Waals surface area contributed by atoms with Crippen LogP contribution >= 0.6 is 15.9 Å². The normalized spacial score (nSPS) is 14.4. The second-order valence-corrected chi connectivity index (χ2v) is 4.73. The third-order valence-corrected chi connectivity index (χ3v) is 3.59. The van der Waals surface area contributed by atoms with Gasteiger partial charge in [0.15, 0.2) is 0 Å². The van der Waals surface area contributed by atoms with Gasteiger partial charge in [-0.1, -0.05) is 6.92 Å². The molecule has 0 aliphatic rings. The number of hydrogen-bond donors (Lipinski definition) is 1. The van der Waals surface area contributed by atoms with Crippen molar-refractivity contribution in [3.63, 3.8) is 0 Å². The predicted molar refractivity (Wildman–Crippen MR) is 69.1 cm³/mol. The fourth-order valence-corrected chi connectivity index (χ4v) is 2.20. The molecule has 1 aromatic rings. The maximum Gasteiger partial charge on any atom is 0.141 e. The van der Waals surface area contributed by atoms with Gasteiger partial charge in [-0.05, 0) is 41.4 Å². The van der Waals surface area contributed by atoms with Crippen LogP contribution in [0.5, 0.6) is 11.5 Å². The van der Waals surface area contributed by atoms with E-state index in [9.17, 15) is 0 Å². The number of ether oxygens (including phenoxy) is 2. The van der Waals surface area contributed by atoms with Gasteiger partial charge in [-0.3, -0.25) is 0 Å². The zero-order valence-electron chi connectivity index (χ0n) is 10.1. The Hall–Kier alpha value is -0.740. The second-order valence-electron chi connectivity index (χ2n) is 3.93. The van der Waals surface area contributed by atoms with E-state index < -0.39 is 5.54 Å². The van der Waals surface area contributed by atoms with E-state index >= 15 is 0 Å². The van der Waals surface area contributed by atoms with Gasteiger partial charge >= 0.3 is 0 Å². The van der Waals surface area contributed by atoms with Crippen LogP contribution in [-0.2, 0) is 5.54 Å². The molecule has 0 aliphatic heterocycles. The Labute approximate surface area is 105 Å². The summed E-state index contributed by atoms with van der Waals surface area (Å²) in [4.78, 5) is 0. The van der Waals surface area contributed by atoms with Crippen LogP contribution in [0.4, 0.5) is 0 Å². The standard InChI is InChI=1S/C12H18BrNO2/c1-5-12(2,14)8-6-7-9(15-3)10(13)11(8)16-4/h6-7H,5,14H2,1-4H3. The molecular formula is C12H18BrNO2. The monoisotopic (exact) mass is 287 g/mol. The van der Waals surface area contributed by atoms with E-state index in [0.717, 1.165) is 28.0 Å². The van der Waals surface area contributed by atoms with E-state index in [1.165, 1.54) is 0 Å². The lowest BCUT2D eigenvalue weighted by atomic mass is 9.90. The largest absolute Gasteiger partial charge is 0.495 e. The van der Waals surface area contributed by atoms with Crippen LogP contribution in [0.3, 0.4) is 0 Å². The van der Waals surface area contributed by atoms with Crippen LogP contribution in [0.2, 0.25) is 0 Å². The lowest BCUT2D eigenvalue weighted by molar-refractivity contribution is 0.368. The molecule has 1 aromatic carbocycles. The van der Waals surface area contributed by atoms with Gasteiger partial charge in [-0.2, -0.15) is 0 Å². The summed E-state index contributed by atoms with van der Waals surface area (Å²) in [6, 6.07) is 3.84. The Morgan fingerprint density at radius 2 is 1.94 bits per heavy atom. The quantitative estimate of drug-likeness (QED) is 0.926. The van der Waals surface area contributed by atoms with Crippen molar-refractivity contribution in [2.24, 2.45) is 5.73 Å². The fraction of sp³-hybridized carbons (Fsp3) is 0.500.